The van der Waals surface area contributed by atoms with Gasteiger partial charge in [0.15, 0.2) is 15.7 Å². The van der Waals surface area contributed by atoms with Crippen LogP contribution in [0, 0.1) is 5.92 Å². The van der Waals surface area contributed by atoms with Crippen molar-refractivity contribution in [3.63, 3.8) is 0 Å². The average Bonchev–Trinajstić information content (AvgIpc) is 3.72. The maximum Gasteiger partial charge on any atom is 0.255 e. The fourth-order valence-electron chi connectivity index (χ4n) is 5.11. The van der Waals surface area contributed by atoms with E-state index in [1.165, 1.54) is 18.9 Å². The zero-order valence-corrected chi connectivity index (χ0v) is 22.6. The Morgan fingerprint density at radius 2 is 1.71 bits per heavy atom. The molecule has 0 radical (unpaired) electrons. The second-order valence-corrected chi connectivity index (χ2v) is 12.6. The van der Waals surface area contributed by atoms with Crippen molar-refractivity contribution >= 4 is 27.5 Å². The Hall–Kier alpha value is -3.27. The number of nitrogens with zero attached hydrogens (tertiary/aromatic N) is 4. The molecule has 10 heteroatoms. The van der Waals surface area contributed by atoms with E-state index in [-0.39, 0.29) is 22.3 Å². The van der Waals surface area contributed by atoms with Gasteiger partial charge in [-0.3, -0.25) is 14.6 Å². The van der Waals surface area contributed by atoms with Crippen LogP contribution in [0.1, 0.15) is 54.6 Å². The summed E-state index contributed by atoms with van der Waals surface area (Å²) < 4.78 is 24.5. The molecule has 3 aliphatic rings. The third-order valence-electron chi connectivity index (χ3n) is 7.74. The summed E-state index contributed by atoms with van der Waals surface area (Å²) in [6.45, 7) is 2.51. The second kappa shape index (κ2) is 10.8. The highest BCUT2D eigenvalue weighted by atomic mass is 32.2. The molecule has 1 aliphatic heterocycles. The van der Waals surface area contributed by atoms with E-state index in [1.807, 2.05) is 18.2 Å². The normalized spacial score (nSPS) is 19.6. The molecule has 0 atom stereocenters. The van der Waals surface area contributed by atoms with Crippen LogP contribution in [0.4, 0.5) is 0 Å². The number of carbonyl (C=O) groups is 2. The van der Waals surface area contributed by atoms with Gasteiger partial charge < -0.3 is 15.1 Å². The number of hydrogen-bond acceptors (Lipinski definition) is 6. The Bertz CT molecular complexity index is 1310. The lowest BCUT2D eigenvalue weighted by molar-refractivity contribution is -0.129. The molecule has 1 aromatic carbocycles. The van der Waals surface area contributed by atoms with Gasteiger partial charge in [-0.05, 0) is 55.9 Å². The van der Waals surface area contributed by atoms with Crippen molar-refractivity contribution in [2.24, 2.45) is 10.9 Å². The van der Waals surface area contributed by atoms with Gasteiger partial charge >= 0.3 is 0 Å². The van der Waals surface area contributed by atoms with E-state index in [1.54, 1.807) is 29.3 Å². The standard InChI is InChI=1S/C28H35N5O4S/c1-38(36,37)24-9-3-2-7-22(24)26(34)33-19-17-32(18-20-33)25(23-8-4-5-15-29-23)31-28(13-6-14-28)27(35)30-16-12-21-10-11-21/h2-5,7-9,15,21H,6,10-14,16-20H2,1H3,(H,30,35). The molecule has 38 heavy (non-hydrogen) atoms. The monoisotopic (exact) mass is 537 g/mol. The molecular formula is C28H35N5O4S. The van der Waals surface area contributed by atoms with E-state index < -0.39 is 15.4 Å². The molecule has 2 saturated carbocycles. The lowest BCUT2D eigenvalue weighted by Crippen LogP contribution is -2.54. The quantitative estimate of drug-likeness (QED) is 0.409. The summed E-state index contributed by atoms with van der Waals surface area (Å²) in [4.78, 5) is 40.0. The number of hydrogen-bond donors (Lipinski definition) is 1. The first-order chi connectivity index (χ1) is 18.3. The van der Waals surface area contributed by atoms with Crippen molar-refractivity contribution in [2.45, 2.75) is 49.0 Å². The van der Waals surface area contributed by atoms with Gasteiger partial charge in [0.2, 0.25) is 5.91 Å². The summed E-state index contributed by atoms with van der Waals surface area (Å²) in [5.41, 5.74) is 0.114. The van der Waals surface area contributed by atoms with Crippen LogP contribution in [0.15, 0.2) is 58.5 Å². The molecule has 1 saturated heterocycles. The average molecular weight is 538 g/mol. The molecule has 0 spiro atoms. The SMILES string of the molecule is CS(=O)(=O)c1ccccc1C(=O)N1CCN(C(=NC2(C(=O)NCCC3CC3)CCC2)c2ccccn2)CC1. The van der Waals surface area contributed by atoms with Crippen LogP contribution in [0.3, 0.4) is 0 Å². The summed E-state index contributed by atoms with van der Waals surface area (Å²) in [5.74, 6) is 1.12. The summed E-state index contributed by atoms with van der Waals surface area (Å²) in [5, 5.41) is 3.13. The van der Waals surface area contributed by atoms with Crippen molar-refractivity contribution in [1.82, 2.24) is 20.1 Å². The molecule has 1 aromatic heterocycles. The van der Waals surface area contributed by atoms with Crippen LogP contribution in [0.5, 0.6) is 0 Å². The molecule has 2 aliphatic carbocycles. The number of pyridine rings is 1. The molecule has 2 heterocycles. The fraction of sp³-hybridized carbons (Fsp3) is 0.500. The Labute approximate surface area is 224 Å². The van der Waals surface area contributed by atoms with E-state index >= 15 is 0 Å². The highest BCUT2D eigenvalue weighted by Crippen LogP contribution is 2.37. The van der Waals surface area contributed by atoms with E-state index in [0.717, 1.165) is 25.0 Å². The van der Waals surface area contributed by atoms with Crippen molar-refractivity contribution in [2.75, 3.05) is 39.0 Å². The van der Waals surface area contributed by atoms with Gasteiger partial charge in [-0.2, -0.15) is 0 Å². The van der Waals surface area contributed by atoms with Gasteiger partial charge in [-0.1, -0.05) is 31.0 Å². The molecule has 9 nitrogen and oxygen atoms in total. The predicted molar refractivity (Wildman–Crippen MR) is 145 cm³/mol. The van der Waals surface area contributed by atoms with Crippen molar-refractivity contribution in [3.8, 4) is 0 Å². The maximum atomic E-state index is 13.3. The zero-order valence-electron chi connectivity index (χ0n) is 21.8. The lowest BCUT2D eigenvalue weighted by atomic mass is 9.76. The van der Waals surface area contributed by atoms with Crippen LogP contribution in [-0.4, -0.2) is 85.4 Å². The van der Waals surface area contributed by atoms with E-state index in [4.69, 9.17) is 4.99 Å². The topological polar surface area (TPSA) is 112 Å². The van der Waals surface area contributed by atoms with Crippen LogP contribution in [-0.2, 0) is 14.6 Å². The van der Waals surface area contributed by atoms with Gasteiger partial charge in [-0.15, -0.1) is 0 Å². The number of piperazine rings is 1. The summed E-state index contributed by atoms with van der Waals surface area (Å²) in [6.07, 6.45) is 8.75. The first-order valence-electron chi connectivity index (χ1n) is 13.4. The molecular weight excluding hydrogens is 502 g/mol. The number of aliphatic imine (C=N–C) groups is 1. The van der Waals surface area contributed by atoms with Gasteiger partial charge in [0.1, 0.15) is 11.2 Å². The molecule has 202 valence electrons. The number of carbonyl (C=O) groups excluding carboxylic acids is 2. The lowest BCUT2D eigenvalue weighted by Gasteiger charge is -2.41. The number of aromatic nitrogens is 1. The van der Waals surface area contributed by atoms with Gasteiger partial charge in [0.05, 0.1) is 10.5 Å². The maximum absolute atomic E-state index is 13.3. The minimum Gasteiger partial charge on any atom is -0.354 e. The largest absolute Gasteiger partial charge is 0.354 e. The summed E-state index contributed by atoms with van der Waals surface area (Å²) in [6, 6.07) is 12.0. The van der Waals surface area contributed by atoms with Gasteiger partial charge in [-0.25, -0.2) is 13.4 Å². The highest BCUT2D eigenvalue weighted by molar-refractivity contribution is 7.90. The van der Waals surface area contributed by atoms with Crippen molar-refractivity contribution in [3.05, 3.63) is 59.9 Å². The Kier molecular flexibility index (Phi) is 7.52. The molecule has 0 bridgehead atoms. The Morgan fingerprint density at radius 3 is 2.32 bits per heavy atom. The van der Waals surface area contributed by atoms with Crippen molar-refractivity contribution in [1.29, 1.82) is 0 Å². The van der Waals surface area contributed by atoms with Crippen LogP contribution >= 0.6 is 0 Å². The molecule has 3 fully saturated rings. The third-order valence-corrected chi connectivity index (χ3v) is 8.89. The molecule has 0 unspecified atom stereocenters. The molecule has 5 rings (SSSR count). The number of nitrogens with one attached hydrogen (secondary N) is 1. The first-order valence-corrected chi connectivity index (χ1v) is 15.3. The predicted octanol–water partition coefficient (Wildman–Crippen LogP) is 2.53. The zero-order chi connectivity index (χ0) is 26.8. The number of benzene rings is 1. The van der Waals surface area contributed by atoms with Gasteiger partial charge in [0.25, 0.3) is 5.91 Å². The summed E-state index contributed by atoms with van der Waals surface area (Å²) >= 11 is 0. The van der Waals surface area contributed by atoms with Crippen molar-refractivity contribution < 1.29 is 18.0 Å². The van der Waals surface area contributed by atoms with E-state index in [9.17, 15) is 18.0 Å². The highest BCUT2D eigenvalue weighted by Gasteiger charge is 2.45. The van der Waals surface area contributed by atoms with E-state index in [0.29, 0.717) is 57.1 Å². The fourth-order valence-corrected chi connectivity index (χ4v) is 5.99. The number of rotatable bonds is 8. The Morgan fingerprint density at radius 1 is 1.03 bits per heavy atom. The molecule has 2 amide bonds. The number of amidine groups is 1. The Balaban J connectivity index is 1.34. The van der Waals surface area contributed by atoms with E-state index in [2.05, 4.69) is 15.2 Å². The van der Waals surface area contributed by atoms with Gasteiger partial charge in [0, 0.05) is 45.2 Å². The molecule has 1 N–H and O–H groups in total. The second-order valence-electron chi connectivity index (χ2n) is 10.6. The summed E-state index contributed by atoms with van der Waals surface area (Å²) in [7, 11) is -3.53. The van der Waals surface area contributed by atoms with Crippen LogP contribution < -0.4 is 5.32 Å². The third kappa shape index (κ3) is 5.75. The van der Waals surface area contributed by atoms with Crippen LogP contribution in [0.2, 0.25) is 0 Å². The minimum atomic E-state index is -3.53. The minimum absolute atomic E-state index is 0.0102. The van der Waals surface area contributed by atoms with Crippen LogP contribution in [0.25, 0.3) is 0 Å². The first kappa shape index (κ1) is 26.3. The smallest absolute Gasteiger partial charge is 0.255 e. The number of amides is 2. The molecule has 2 aromatic rings. The number of sulfone groups is 1.